The third-order valence-electron chi connectivity index (χ3n) is 4.40. The van der Waals surface area contributed by atoms with E-state index in [0.717, 1.165) is 26.1 Å². The fourth-order valence-electron chi connectivity index (χ4n) is 3.00. The van der Waals surface area contributed by atoms with Gasteiger partial charge in [0, 0.05) is 45.0 Å². The summed E-state index contributed by atoms with van der Waals surface area (Å²) in [5.41, 5.74) is 2.14. The van der Waals surface area contributed by atoms with Crippen molar-refractivity contribution in [3.8, 4) is 6.07 Å². The van der Waals surface area contributed by atoms with E-state index in [1.807, 2.05) is 29.2 Å². The molecule has 2 aromatic rings. The maximum absolute atomic E-state index is 12.6. The molecule has 1 aromatic heterocycles. The Kier molecular flexibility index (Phi) is 5.26. The van der Waals surface area contributed by atoms with Gasteiger partial charge in [0.05, 0.1) is 17.2 Å². The lowest BCUT2D eigenvalue weighted by Crippen LogP contribution is -2.35. The van der Waals surface area contributed by atoms with Gasteiger partial charge < -0.3 is 9.88 Å². The monoisotopic (exact) mass is 336 g/mol. The first-order valence-corrected chi connectivity index (χ1v) is 8.35. The van der Waals surface area contributed by atoms with Crippen molar-refractivity contribution in [1.29, 1.82) is 5.26 Å². The molecule has 1 aliphatic heterocycles. The van der Waals surface area contributed by atoms with Crippen LogP contribution in [0.4, 0.5) is 0 Å². The van der Waals surface area contributed by atoms with Crippen molar-refractivity contribution < 1.29 is 4.79 Å². The van der Waals surface area contributed by atoms with Gasteiger partial charge >= 0.3 is 0 Å². The molecule has 2 heterocycles. The second-order valence-corrected chi connectivity index (χ2v) is 6.17. The minimum atomic E-state index is -0.207. The van der Waals surface area contributed by atoms with Gasteiger partial charge in [0.2, 0.25) is 5.56 Å². The lowest BCUT2D eigenvalue weighted by atomic mass is 10.1. The number of nitrogens with one attached hydrogen (secondary N) is 1. The van der Waals surface area contributed by atoms with Crippen LogP contribution in [0.5, 0.6) is 0 Å². The summed E-state index contributed by atoms with van der Waals surface area (Å²) in [5, 5.41) is 8.86. The first-order valence-electron chi connectivity index (χ1n) is 8.35. The normalized spacial score (nSPS) is 15.4. The molecule has 0 atom stereocenters. The van der Waals surface area contributed by atoms with Gasteiger partial charge in [-0.2, -0.15) is 5.26 Å². The molecule has 1 fully saturated rings. The topological polar surface area (TPSA) is 80.2 Å². The van der Waals surface area contributed by atoms with Crippen molar-refractivity contribution >= 4 is 5.91 Å². The molecule has 1 saturated heterocycles. The highest BCUT2D eigenvalue weighted by molar-refractivity contribution is 5.93. The van der Waals surface area contributed by atoms with E-state index in [0.29, 0.717) is 24.2 Å². The number of nitrogens with zero attached hydrogens (tertiary/aromatic N) is 3. The van der Waals surface area contributed by atoms with E-state index >= 15 is 0 Å². The lowest BCUT2D eigenvalue weighted by molar-refractivity contribution is 0.0760. The summed E-state index contributed by atoms with van der Waals surface area (Å²) in [6.07, 6.45) is 2.38. The number of H-pyrrole nitrogens is 1. The molecule has 0 saturated carbocycles. The number of hydrogen-bond donors (Lipinski definition) is 1. The molecular formula is C19H20N4O2. The number of pyridine rings is 1. The Balaban J connectivity index is 1.59. The number of rotatable bonds is 3. The summed E-state index contributed by atoms with van der Waals surface area (Å²) in [4.78, 5) is 30.4. The first-order chi connectivity index (χ1) is 12.2. The standard InChI is InChI=1S/C19H20N4O2/c20-12-15-2-4-16(5-3-15)14-22-8-1-9-23(11-10-22)19(25)17-6-7-18(24)21-13-17/h2-7,13H,1,8-11,14H2,(H,21,24). The maximum atomic E-state index is 12.6. The maximum Gasteiger partial charge on any atom is 0.255 e. The SMILES string of the molecule is N#Cc1ccc(CN2CCCN(C(=O)c3ccc(=O)[nH]c3)CC2)cc1. The second kappa shape index (κ2) is 7.77. The number of hydrogen-bond acceptors (Lipinski definition) is 4. The third-order valence-corrected chi connectivity index (χ3v) is 4.40. The van der Waals surface area contributed by atoms with Crippen LogP contribution in [0.15, 0.2) is 47.4 Å². The Hall–Kier alpha value is -2.91. The number of aromatic amines is 1. The van der Waals surface area contributed by atoms with Crippen molar-refractivity contribution in [3.05, 3.63) is 69.6 Å². The van der Waals surface area contributed by atoms with Gasteiger partial charge in [-0.3, -0.25) is 14.5 Å². The van der Waals surface area contributed by atoms with Crippen molar-refractivity contribution in [2.24, 2.45) is 0 Å². The number of carbonyl (C=O) groups is 1. The van der Waals surface area contributed by atoms with Gasteiger partial charge in [-0.1, -0.05) is 12.1 Å². The smallest absolute Gasteiger partial charge is 0.255 e. The van der Waals surface area contributed by atoms with Crippen LogP contribution in [0.25, 0.3) is 0 Å². The molecule has 1 amide bonds. The molecule has 1 N–H and O–H groups in total. The minimum absolute atomic E-state index is 0.0449. The highest BCUT2D eigenvalue weighted by Gasteiger charge is 2.20. The van der Waals surface area contributed by atoms with Crippen LogP contribution in [0.3, 0.4) is 0 Å². The molecule has 1 aromatic carbocycles. The van der Waals surface area contributed by atoms with E-state index < -0.39 is 0 Å². The second-order valence-electron chi connectivity index (χ2n) is 6.17. The van der Waals surface area contributed by atoms with Crippen LogP contribution in [0.1, 0.15) is 27.9 Å². The van der Waals surface area contributed by atoms with Crippen molar-refractivity contribution in [1.82, 2.24) is 14.8 Å². The molecule has 0 aliphatic carbocycles. The molecule has 0 radical (unpaired) electrons. The lowest BCUT2D eigenvalue weighted by Gasteiger charge is -2.22. The van der Waals surface area contributed by atoms with Crippen LogP contribution in [-0.2, 0) is 6.54 Å². The van der Waals surface area contributed by atoms with Crippen LogP contribution < -0.4 is 5.56 Å². The number of carbonyl (C=O) groups excluding carboxylic acids is 1. The van der Waals surface area contributed by atoms with Gasteiger partial charge in [-0.15, -0.1) is 0 Å². The quantitative estimate of drug-likeness (QED) is 0.923. The predicted octanol–water partition coefficient (Wildman–Crippen LogP) is 1.59. The summed E-state index contributed by atoms with van der Waals surface area (Å²) in [6, 6.07) is 12.7. The van der Waals surface area contributed by atoms with Gasteiger partial charge in [0.25, 0.3) is 5.91 Å². The van der Waals surface area contributed by atoms with E-state index in [4.69, 9.17) is 5.26 Å². The van der Waals surface area contributed by atoms with Crippen LogP contribution in [0.2, 0.25) is 0 Å². The fraction of sp³-hybridized carbons (Fsp3) is 0.316. The molecular weight excluding hydrogens is 316 g/mol. The first kappa shape index (κ1) is 16.9. The summed E-state index contributed by atoms with van der Waals surface area (Å²) in [7, 11) is 0. The van der Waals surface area contributed by atoms with E-state index in [1.165, 1.54) is 17.8 Å². The van der Waals surface area contributed by atoms with Gasteiger partial charge in [-0.05, 0) is 30.2 Å². The van der Waals surface area contributed by atoms with Crippen molar-refractivity contribution in [2.45, 2.75) is 13.0 Å². The largest absolute Gasteiger partial charge is 0.337 e. The van der Waals surface area contributed by atoms with E-state index in [9.17, 15) is 9.59 Å². The number of benzene rings is 1. The Morgan fingerprint density at radius 2 is 1.88 bits per heavy atom. The van der Waals surface area contributed by atoms with Gasteiger partial charge in [0.1, 0.15) is 0 Å². The molecule has 25 heavy (non-hydrogen) atoms. The zero-order chi connectivity index (χ0) is 17.6. The average Bonchev–Trinajstić information content (AvgIpc) is 2.88. The zero-order valence-electron chi connectivity index (χ0n) is 13.9. The molecule has 3 rings (SSSR count). The molecule has 6 nitrogen and oxygen atoms in total. The van der Waals surface area contributed by atoms with Gasteiger partial charge in [-0.25, -0.2) is 0 Å². The Morgan fingerprint density at radius 3 is 2.56 bits per heavy atom. The van der Waals surface area contributed by atoms with E-state index in [2.05, 4.69) is 16.0 Å². The highest BCUT2D eigenvalue weighted by atomic mass is 16.2. The Morgan fingerprint density at radius 1 is 1.08 bits per heavy atom. The number of amides is 1. The summed E-state index contributed by atoms with van der Waals surface area (Å²) < 4.78 is 0. The number of nitriles is 1. The fourth-order valence-corrected chi connectivity index (χ4v) is 3.00. The molecule has 6 heteroatoms. The summed E-state index contributed by atoms with van der Waals surface area (Å²) in [6.45, 7) is 3.91. The molecule has 0 bridgehead atoms. The number of aromatic nitrogens is 1. The summed E-state index contributed by atoms with van der Waals surface area (Å²) in [5.74, 6) is -0.0449. The molecule has 0 unspecified atom stereocenters. The molecule has 0 spiro atoms. The predicted molar refractivity (Wildman–Crippen MR) is 94.0 cm³/mol. The van der Waals surface area contributed by atoms with Crippen LogP contribution in [-0.4, -0.2) is 46.9 Å². The third kappa shape index (κ3) is 4.34. The zero-order valence-corrected chi connectivity index (χ0v) is 13.9. The average molecular weight is 336 g/mol. The van der Waals surface area contributed by atoms with E-state index in [-0.39, 0.29) is 11.5 Å². The summed E-state index contributed by atoms with van der Waals surface area (Å²) >= 11 is 0. The molecule has 128 valence electrons. The van der Waals surface area contributed by atoms with Crippen molar-refractivity contribution in [2.75, 3.05) is 26.2 Å². The van der Waals surface area contributed by atoms with Crippen LogP contribution in [0, 0.1) is 11.3 Å². The minimum Gasteiger partial charge on any atom is -0.337 e. The highest BCUT2D eigenvalue weighted by Crippen LogP contribution is 2.12. The Bertz CT molecular complexity index is 815. The Labute approximate surface area is 146 Å². The van der Waals surface area contributed by atoms with Crippen LogP contribution >= 0.6 is 0 Å². The van der Waals surface area contributed by atoms with E-state index in [1.54, 1.807) is 6.07 Å². The van der Waals surface area contributed by atoms with Gasteiger partial charge in [0.15, 0.2) is 0 Å². The van der Waals surface area contributed by atoms with Crippen molar-refractivity contribution in [3.63, 3.8) is 0 Å². The molecule has 1 aliphatic rings.